The van der Waals surface area contributed by atoms with E-state index in [1.807, 2.05) is 41.3 Å². The first kappa shape index (κ1) is 14.1. The summed E-state index contributed by atoms with van der Waals surface area (Å²) in [6.45, 7) is 1.30. The molecule has 0 saturated carbocycles. The molecule has 0 aliphatic carbocycles. The molecule has 1 aliphatic rings. The van der Waals surface area contributed by atoms with Gasteiger partial charge in [0.1, 0.15) is 11.9 Å². The predicted molar refractivity (Wildman–Crippen MR) is 82.8 cm³/mol. The molecular formula is C17H16N4O. The van der Waals surface area contributed by atoms with Crippen LogP contribution >= 0.6 is 0 Å². The van der Waals surface area contributed by atoms with Crippen LogP contribution in [0.25, 0.3) is 0 Å². The van der Waals surface area contributed by atoms with Crippen molar-refractivity contribution in [3.63, 3.8) is 0 Å². The fraction of sp³-hybridized carbons (Fsp3) is 0.235. The fourth-order valence-electron chi connectivity index (χ4n) is 2.58. The number of amides is 1. The van der Waals surface area contributed by atoms with Crippen molar-refractivity contribution in [1.29, 1.82) is 5.26 Å². The highest BCUT2D eigenvalue weighted by atomic mass is 16.2. The van der Waals surface area contributed by atoms with Crippen molar-refractivity contribution in [3.05, 3.63) is 59.8 Å². The van der Waals surface area contributed by atoms with Gasteiger partial charge >= 0.3 is 0 Å². The van der Waals surface area contributed by atoms with E-state index < -0.39 is 0 Å². The number of hydrogen-bond donors (Lipinski definition) is 1. The van der Waals surface area contributed by atoms with E-state index in [9.17, 15) is 4.79 Å². The van der Waals surface area contributed by atoms with Crippen molar-refractivity contribution in [3.8, 4) is 6.07 Å². The summed E-state index contributed by atoms with van der Waals surface area (Å²) >= 11 is 0. The first-order chi connectivity index (χ1) is 10.7. The van der Waals surface area contributed by atoms with Crippen LogP contribution in [0.15, 0.2) is 48.7 Å². The highest BCUT2D eigenvalue weighted by Gasteiger charge is 2.29. The third kappa shape index (κ3) is 3.23. The summed E-state index contributed by atoms with van der Waals surface area (Å²) in [7, 11) is 0. The Kier molecular flexibility index (Phi) is 4.01. The van der Waals surface area contributed by atoms with Gasteiger partial charge < -0.3 is 10.2 Å². The number of rotatable bonds is 4. The number of hydrogen-bond acceptors (Lipinski definition) is 4. The second kappa shape index (κ2) is 6.27. The molecule has 1 aromatic carbocycles. The molecule has 2 heterocycles. The molecule has 0 spiro atoms. The lowest BCUT2D eigenvalue weighted by atomic mass is 10.2. The van der Waals surface area contributed by atoms with Crippen molar-refractivity contribution in [2.45, 2.75) is 19.0 Å². The standard InChI is InChI=1S/C17H16N4O/c18-9-14-6-7-16(19-10-14)20-15-8-17(22)21(12-15)11-13-4-2-1-3-5-13/h1-7,10,15H,8,11-12H2,(H,19,20). The van der Waals surface area contributed by atoms with E-state index in [1.165, 1.54) is 6.20 Å². The predicted octanol–water partition coefficient (Wildman–Crippen LogP) is 2.17. The maximum absolute atomic E-state index is 12.1. The lowest BCUT2D eigenvalue weighted by Gasteiger charge is -2.17. The summed E-state index contributed by atoms with van der Waals surface area (Å²) in [5, 5.41) is 12.0. The van der Waals surface area contributed by atoms with Crippen molar-refractivity contribution in [2.75, 3.05) is 11.9 Å². The lowest BCUT2D eigenvalue weighted by Crippen LogP contribution is -2.27. The van der Waals surface area contributed by atoms with E-state index in [1.54, 1.807) is 12.1 Å². The number of nitrogens with zero attached hydrogens (tertiary/aromatic N) is 3. The Hall–Kier alpha value is -2.87. The summed E-state index contributed by atoms with van der Waals surface area (Å²) in [4.78, 5) is 18.1. The Morgan fingerprint density at radius 1 is 1.27 bits per heavy atom. The number of anilines is 1. The van der Waals surface area contributed by atoms with Gasteiger partial charge in [-0.25, -0.2) is 4.98 Å². The number of aromatic nitrogens is 1. The molecular weight excluding hydrogens is 276 g/mol. The van der Waals surface area contributed by atoms with Crippen LogP contribution in [0.5, 0.6) is 0 Å². The lowest BCUT2D eigenvalue weighted by molar-refractivity contribution is -0.128. The quantitative estimate of drug-likeness (QED) is 0.937. The average Bonchev–Trinajstić information content (AvgIpc) is 2.88. The van der Waals surface area contributed by atoms with E-state index in [0.29, 0.717) is 30.9 Å². The van der Waals surface area contributed by atoms with Crippen LogP contribution in [0.4, 0.5) is 5.82 Å². The Bertz CT molecular complexity index is 691. The molecule has 3 rings (SSSR count). The van der Waals surface area contributed by atoms with Crippen LogP contribution in [0, 0.1) is 11.3 Å². The molecule has 22 heavy (non-hydrogen) atoms. The SMILES string of the molecule is N#Cc1ccc(NC2CC(=O)N(Cc3ccccc3)C2)nc1. The van der Waals surface area contributed by atoms with E-state index in [4.69, 9.17) is 5.26 Å². The first-order valence-corrected chi connectivity index (χ1v) is 7.19. The van der Waals surface area contributed by atoms with Gasteiger partial charge in [-0.2, -0.15) is 5.26 Å². The Morgan fingerprint density at radius 2 is 2.09 bits per heavy atom. The van der Waals surface area contributed by atoms with Gasteiger partial charge in [-0.1, -0.05) is 30.3 Å². The molecule has 1 fully saturated rings. The normalized spacial score (nSPS) is 17.3. The Morgan fingerprint density at radius 3 is 2.77 bits per heavy atom. The molecule has 0 radical (unpaired) electrons. The summed E-state index contributed by atoms with van der Waals surface area (Å²) in [6, 6.07) is 15.5. The molecule has 1 aliphatic heterocycles. The van der Waals surface area contributed by atoms with Crippen molar-refractivity contribution < 1.29 is 4.79 Å². The average molecular weight is 292 g/mol. The molecule has 1 aromatic heterocycles. The molecule has 5 heteroatoms. The highest BCUT2D eigenvalue weighted by Crippen LogP contribution is 2.18. The van der Waals surface area contributed by atoms with Crippen LogP contribution in [-0.4, -0.2) is 28.4 Å². The van der Waals surface area contributed by atoms with E-state index in [-0.39, 0.29) is 11.9 Å². The van der Waals surface area contributed by atoms with E-state index >= 15 is 0 Å². The molecule has 2 aromatic rings. The highest BCUT2D eigenvalue weighted by molar-refractivity contribution is 5.80. The van der Waals surface area contributed by atoms with E-state index in [0.717, 1.165) is 5.56 Å². The maximum Gasteiger partial charge on any atom is 0.225 e. The number of likely N-dealkylation sites (tertiary alicyclic amines) is 1. The Balaban J connectivity index is 1.60. The number of pyridine rings is 1. The zero-order valence-corrected chi connectivity index (χ0v) is 12.1. The third-order valence-corrected chi connectivity index (χ3v) is 3.68. The maximum atomic E-state index is 12.1. The third-order valence-electron chi connectivity index (χ3n) is 3.68. The monoisotopic (exact) mass is 292 g/mol. The van der Waals surface area contributed by atoms with Crippen LogP contribution in [0.3, 0.4) is 0 Å². The van der Waals surface area contributed by atoms with Crippen LogP contribution in [0.2, 0.25) is 0 Å². The van der Waals surface area contributed by atoms with E-state index in [2.05, 4.69) is 10.3 Å². The molecule has 1 unspecified atom stereocenters. The molecule has 110 valence electrons. The van der Waals surface area contributed by atoms with Crippen LogP contribution in [-0.2, 0) is 11.3 Å². The van der Waals surface area contributed by atoms with Gasteiger partial charge in [0.15, 0.2) is 0 Å². The number of carbonyl (C=O) groups excluding carboxylic acids is 1. The molecule has 1 atom stereocenters. The van der Waals surface area contributed by atoms with Gasteiger partial charge in [0.05, 0.1) is 11.6 Å². The second-order valence-electron chi connectivity index (χ2n) is 5.35. The fourth-order valence-corrected chi connectivity index (χ4v) is 2.58. The van der Waals surface area contributed by atoms with Crippen molar-refractivity contribution >= 4 is 11.7 Å². The Labute approximate surface area is 129 Å². The summed E-state index contributed by atoms with van der Waals surface area (Å²) in [5.74, 6) is 0.841. The number of nitrogens with one attached hydrogen (secondary N) is 1. The van der Waals surface area contributed by atoms with Gasteiger partial charge in [-0.15, -0.1) is 0 Å². The minimum Gasteiger partial charge on any atom is -0.365 e. The van der Waals surface area contributed by atoms with Gasteiger partial charge in [-0.3, -0.25) is 4.79 Å². The first-order valence-electron chi connectivity index (χ1n) is 7.19. The summed E-state index contributed by atoms with van der Waals surface area (Å²) in [6.07, 6.45) is 2.00. The number of benzene rings is 1. The molecule has 5 nitrogen and oxygen atoms in total. The van der Waals surface area contributed by atoms with Gasteiger partial charge in [-0.05, 0) is 17.7 Å². The second-order valence-corrected chi connectivity index (χ2v) is 5.35. The zero-order valence-electron chi connectivity index (χ0n) is 12.1. The summed E-state index contributed by atoms with van der Waals surface area (Å²) < 4.78 is 0. The molecule has 1 saturated heterocycles. The molecule has 1 amide bonds. The van der Waals surface area contributed by atoms with Gasteiger partial charge in [0.25, 0.3) is 0 Å². The summed E-state index contributed by atoms with van der Waals surface area (Å²) in [5.41, 5.74) is 1.66. The minimum atomic E-state index is 0.0525. The smallest absolute Gasteiger partial charge is 0.225 e. The largest absolute Gasteiger partial charge is 0.365 e. The number of nitriles is 1. The van der Waals surface area contributed by atoms with Gasteiger partial charge in [0.2, 0.25) is 5.91 Å². The molecule has 0 bridgehead atoms. The van der Waals surface area contributed by atoms with Gasteiger partial charge in [0, 0.05) is 25.7 Å². The van der Waals surface area contributed by atoms with Crippen molar-refractivity contribution in [1.82, 2.24) is 9.88 Å². The minimum absolute atomic E-state index is 0.0525. The number of carbonyl (C=O) groups is 1. The molecule has 1 N–H and O–H groups in total. The topological polar surface area (TPSA) is 69.0 Å². The van der Waals surface area contributed by atoms with Crippen LogP contribution < -0.4 is 5.32 Å². The van der Waals surface area contributed by atoms with Crippen molar-refractivity contribution in [2.24, 2.45) is 0 Å². The zero-order chi connectivity index (χ0) is 15.4. The van der Waals surface area contributed by atoms with Crippen LogP contribution in [0.1, 0.15) is 17.5 Å².